The Bertz CT molecular complexity index is 281. The average molecular weight is 242 g/mol. The minimum Gasteiger partial charge on any atom is -0.336 e. The number of nitrogens with zero attached hydrogens (tertiary/aromatic N) is 1. The lowest BCUT2D eigenvalue weighted by molar-refractivity contribution is -0.120. The van der Waals surface area contributed by atoms with Gasteiger partial charge in [0.15, 0.2) is 0 Å². The third kappa shape index (κ3) is 5.14. The molecule has 1 unspecified atom stereocenters. The molecule has 1 aliphatic heterocycles. The number of amides is 3. The Morgan fingerprint density at radius 1 is 1.41 bits per heavy atom. The molecule has 1 rings (SSSR count). The van der Waals surface area contributed by atoms with Gasteiger partial charge >= 0.3 is 6.03 Å². The number of carbonyl (C=O) groups is 2. The first-order valence-electron chi connectivity index (χ1n) is 6.01. The van der Waals surface area contributed by atoms with E-state index in [9.17, 15) is 9.59 Å². The SMILES string of the molecule is CNC1CCN(CC(=O)NC(=O)NC(C)C)C1. The standard InChI is InChI=1S/C11H22N4O2/c1-8(2)13-11(17)14-10(16)7-15-5-4-9(6-15)12-3/h8-9,12H,4-7H2,1-3H3,(H2,13,14,16,17). The fourth-order valence-electron chi connectivity index (χ4n) is 1.88. The summed E-state index contributed by atoms with van der Waals surface area (Å²) in [5, 5.41) is 8.12. The molecular weight excluding hydrogens is 220 g/mol. The molecule has 0 aromatic rings. The van der Waals surface area contributed by atoms with E-state index >= 15 is 0 Å². The van der Waals surface area contributed by atoms with E-state index < -0.39 is 6.03 Å². The lowest BCUT2D eigenvalue weighted by Gasteiger charge is -2.15. The molecule has 1 aliphatic rings. The summed E-state index contributed by atoms with van der Waals surface area (Å²) in [6, 6.07) is 0.0601. The number of hydrogen-bond donors (Lipinski definition) is 3. The maximum atomic E-state index is 11.6. The molecule has 17 heavy (non-hydrogen) atoms. The topological polar surface area (TPSA) is 73.5 Å². The van der Waals surface area contributed by atoms with Crippen LogP contribution in [0.15, 0.2) is 0 Å². The van der Waals surface area contributed by atoms with Gasteiger partial charge in [-0.2, -0.15) is 0 Å². The zero-order valence-corrected chi connectivity index (χ0v) is 10.7. The molecule has 0 bridgehead atoms. The van der Waals surface area contributed by atoms with Crippen LogP contribution in [0.1, 0.15) is 20.3 Å². The first-order valence-corrected chi connectivity index (χ1v) is 6.01. The number of likely N-dealkylation sites (N-methyl/N-ethyl adjacent to an activating group) is 1. The van der Waals surface area contributed by atoms with Gasteiger partial charge in [-0.1, -0.05) is 0 Å². The van der Waals surface area contributed by atoms with Crippen molar-refractivity contribution in [3.8, 4) is 0 Å². The Hall–Kier alpha value is -1.14. The smallest absolute Gasteiger partial charge is 0.321 e. The summed E-state index contributed by atoms with van der Waals surface area (Å²) in [5.74, 6) is -0.250. The van der Waals surface area contributed by atoms with Crippen molar-refractivity contribution in [1.29, 1.82) is 0 Å². The predicted octanol–water partition coefficient (Wildman–Crippen LogP) is -0.486. The van der Waals surface area contributed by atoms with Gasteiger partial charge in [0, 0.05) is 25.2 Å². The number of imide groups is 1. The number of hydrogen-bond acceptors (Lipinski definition) is 4. The Morgan fingerprint density at radius 2 is 2.12 bits per heavy atom. The van der Waals surface area contributed by atoms with E-state index in [2.05, 4.69) is 16.0 Å². The van der Waals surface area contributed by atoms with Crippen molar-refractivity contribution in [2.45, 2.75) is 32.4 Å². The predicted molar refractivity (Wildman–Crippen MR) is 65.7 cm³/mol. The molecule has 0 spiro atoms. The summed E-state index contributed by atoms with van der Waals surface area (Å²) >= 11 is 0. The average Bonchev–Trinajstić information content (AvgIpc) is 2.63. The van der Waals surface area contributed by atoms with Crippen molar-refractivity contribution in [2.75, 3.05) is 26.7 Å². The van der Waals surface area contributed by atoms with E-state index in [0.29, 0.717) is 6.04 Å². The number of carbonyl (C=O) groups excluding carboxylic acids is 2. The van der Waals surface area contributed by atoms with E-state index in [1.54, 1.807) is 0 Å². The highest BCUT2D eigenvalue weighted by Crippen LogP contribution is 2.07. The van der Waals surface area contributed by atoms with Gasteiger partial charge in [-0.15, -0.1) is 0 Å². The zero-order valence-electron chi connectivity index (χ0n) is 10.7. The van der Waals surface area contributed by atoms with Gasteiger partial charge < -0.3 is 10.6 Å². The number of urea groups is 1. The van der Waals surface area contributed by atoms with Gasteiger partial charge in [-0.05, 0) is 27.3 Å². The second kappa shape index (κ2) is 6.56. The maximum absolute atomic E-state index is 11.6. The van der Waals surface area contributed by atoms with Gasteiger partial charge in [-0.3, -0.25) is 15.0 Å². The largest absolute Gasteiger partial charge is 0.336 e. The highest BCUT2D eigenvalue weighted by Gasteiger charge is 2.23. The Kier molecular flexibility index (Phi) is 5.37. The van der Waals surface area contributed by atoms with E-state index in [1.807, 2.05) is 25.8 Å². The van der Waals surface area contributed by atoms with Crippen LogP contribution in [0.5, 0.6) is 0 Å². The van der Waals surface area contributed by atoms with Crippen molar-refractivity contribution in [1.82, 2.24) is 20.9 Å². The lowest BCUT2D eigenvalue weighted by atomic mass is 10.3. The third-order valence-electron chi connectivity index (χ3n) is 2.72. The molecule has 1 fully saturated rings. The minimum absolute atomic E-state index is 0.0308. The molecule has 0 radical (unpaired) electrons. The molecule has 3 N–H and O–H groups in total. The first-order chi connectivity index (χ1) is 8.01. The fraction of sp³-hybridized carbons (Fsp3) is 0.818. The van der Waals surface area contributed by atoms with E-state index in [-0.39, 0.29) is 18.5 Å². The van der Waals surface area contributed by atoms with Gasteiger partial charge in [0.1, 0.15) is 0 Å². The van der Waals surface area contributed by atoms with Crippen LogP contribution in [0.4, 0.5) is 4.79 Å². The summed E-state index contributed by atoms with van der Waals surface area (Å²) in [7, 11) is 1.92. The highest BCUT2D eigenvalue weighted by atomic mass is 16.2. The monoisotopic (exact) mass is 242 g/mol. The van der Waals surface area contributed by atoms with Crippen LogP contribution >= 0.6 is 0 Å². The quantitative estimate of drug-likeness (QED) is 0.622. The zero-order chi connectivity index (χ0) is 12.8. The molecule has 1 saturated heterocycles. The van der Waals surface area contributed by atoms with Crippen molar-refractivity contribution < 1.29 is 9.59 Å². The van der Waals surface area contributed by atoms with Gasteiger partial charge in [-0.25, -0.2) is 4.79 Å². The third-order valence-corrected chi connectivity index (χ3v) is 2.72. The summed E-state index contributed by atoms with van der Waals surface area (Å²) in [5.41, 5.74) is 0. The normalized spacial score (nSPS) is 20.6. The lowest BCUT2D eigenvalue weighted by Crippen LogP contribution is -2.46. The fourth-order valence-corrected chi connectivity index (χ4v) is 1.88. The maximum Gasteiger partial charge on any atom is 0.321 e. The number of nitrogens with one attached hydrogen (secondary N) is 3. The van der Waals surface area contributed by atoms with Gasteiger partial charge in [0.05, 0.1) is 6.54 Å². The Morgan fingerprint density at radius 3 is 2.65 bits per heavy atom. The van der Waals surface area contributed by atoms with Crippen molar-refractivity contribution in [3.05, 3.63) is 0 Å². The summed E-state index contributed by atoms with van der Waals surface area (Å²) in [4.78, 5) is 24.9. The van der Waals surface area contributed by atoms with Crippen LogP contribution in [0.2, 0.25) is 0 Å². The summed E-state index contributed by atoms with van der Waals surface area (Å²) in [6.07, 6.45) is 1.04. The molecule has 0 aromatic heterocycles. The molecular formula is C11H22N4O2. The van der Waals surface area contributed by atoms with E-state index in [4.69, 9.17) is 0 Å². The van der Waals surface area contributed by atoms with Crippen molar-refractivity contribution in [2.24, 2.45) is 0 Å². The molecule has 3 amide bonds. The number of likely N-dealkylation sites (tertiary alicyclic amines) is 1. The van der Waals surface area contributed by atoms with Crippen LogP contribution in [-0.4, -0.2) is 55.6 Å². The Balaban J connectivity index is 2.23. The van der Waals surface area contributed by atoms with Gasteiger partial charge in [0.25, 0.3) is 0 Å². The second-order valence-electron chi connectivity index (χ2n) is 4.69. The Labute approximate surface area is 102 Å². The highest BCUT2D eigenvalue weighted by molar-refractivity contribution is 5.95. The molecule has 0 aliphatic carbocycles. The summed E-state index contributed by atoms with van der Waals surface area (Å²) in [6.45, 7) is 5.73. The molecule has 6 nitrogen and oxygen atoms in total. The number of rotatable bonds is 4. The van der Waals surface area contributed by atoms with Crippen molar-refractivity contribution in [3.63, 3.8) is 0 Å². The van der Waals surface area contributed by atoms with Crippen LogP contribution < -0.4 is 16.0 Å². The van der Waals surface area contributed by atoms with E-state index in [1.165, 1.54) is 0 Å². The molecule has 98 valence electrons. The van der Waals surface area contributed by atoms with Gasteiger partial charge in [0.2, 0.25) is 5.91 Å². The minimum atomic E-state index is -0.422. The molecule has 0 aromatic carbocycles. The molecule has 0 saturated carbocycles. The molecule has 1 atom stereocenters. The molecule has 1 heterocycles. The van der Waals surface area contributed by atoms with E-state index in [0.717, 1.165) is 19.5 Å². The second-order valence-corrected chi connectivity index (χ2v) is 4.69. The van der Waals surface area contributed by atoms with Crippen LogP contribution in [0.3, 0.4) is 0 Å². The van der Waals surface area contributed by atoms with Crippen molar-refractivity contribution >= 4 is 11.9 Å². The first kappa shape index (κ1) is 13.9. The van der Waals surface area contributed by atoms with Crippen LogP contribution in [-0.2, 0) is 4.79 Å². The molecule has 6 heteroatoms. The van der Waals surface area contributed by atoms with Crippen LogP contribution in [0.25, 0.3) is 0 Å². The van der Waals surface area contributed by atoms with Crippen LogP contribution in [0, 0.1) is 0 Å². The summed E-state index contributed by atoms with van der Waals surface area (Å²) < 4.78 is 0.